The number of carbonyl (C=O) groups is 2. The minimum atomic E-state index is -1.08. The Hall–Kier alpha value is -3.85. The van der Waals surface area contributed by atoms with Crippen molar-refractivity contribution in [3.8, 4) is 5.75 Å². The van der Waals surface area contributed by atoms with E-state index in [9.17, 15) is 9.59 Å². The number of ether oxygens (including phenoxy) is 2. The molecule has 9 nitrogen and oxygen atoms in total. The number of hydrogen-bond acceptors (Lipinski definition) is 6. The van der Waals surface area contributed by atoms with E-state index in [4.69, 9.17) is 14.6 Å². The molecule has 0 radical (unpaired) electrons. The van der Waals surface area contributed by atoms with Crippen LogP contribution in [0.5, 0.6) is 5.75 Å². The number of rotatable bonds is 8. The summed E-state index contributed by atoms with van der Waals surface area (Å²) in [5, 5.41) is 15.9. The van der Waals surface area contributed by atoms with Crippen LogP contribution in [0.3, 0.4) is 0 Å². The molecule has 0 aliphatic carbocycles. The largest absolute Gasteiger partial charge is 0.487 e. The Morgan fingerprint density at radius 2 is 1.94 bits per heavy atom. The van der Waals surface area contributed by atoms with Crippen molar-refractivity contribution in [2.75, 3.05) is 19.6 Å². The maximum atomic E-state index is 12.7. The van der Waals surface area contributed by atoms with Crippen LogP contribution in [0.25, 0.3) is 0 Å². The molecule has 9 heteroatoms. The molecule has 1 amide bonds. The van der Waals surface area contributed by atoms with Gasteiger partial charge < -0.3 is 19.9 Å². The van der Waals surface area contributed by atoms with Crippen molar-refractivity contribution < 1.29 is 24.2 Å². The van der Waals surface area contributed by atoms with Crippen LogP contribution < -0.4 is 10.1 Å². The second kappa shape index (κ2) is 10.4. The summed E-state index contributed by atoms with van der Waals surface area (Å²) in [7, 11) is 1.67. The first-order valence-electron chi connectivity index (χ1n) is 12.2. The number of fused-ring (bicyclic) bond motifs is 3. The molecular weight excluding hydrogens is 460 g/mol. The number of carboxylic acid groups (broad SMARTS) is 1. The van der Waals surface area contributed by atoms with Crippen LogP contribution in [0.4, 0.5) is 4.79 Å². The van der Waals surface area contributed by atoms with Gasteiger partial charge in [-0.25, -0.2) is 9.59 Å². The summed E-state index contributed by atoms with van der Waals surface area (Å²) in [6.07, 6.45) is 0.492. The highest BCUT2D eigenvalue weighted by molar-refractivity contribution is 5.85. The molecule has 4 heterocycles. The quantitative estimate of drug-likeness (QED) is 0.498. The minimum absolute atomic E-state index is 0.0226. The Kier molecular flexibility index (Phi) is 6.90. The first-order chi connectivity index (χ1) is 17.5. The number of amides is 1. The normalized spacial score (nSPS) is 22.7. The fourth-order valence-electron chi connectivity index (χ4n) is 5.22. The van der Waals surface area contributed by atoms with Crippen LogP contribution in [0.1, 0.15) is 39.6 Å². The van der Waals surface area contributed by atoms with E-state index in [-0.39, 0.29) is 18.4 Å². The van der Waals surface area contributed by atoms with E-state index in [2.05, 4.69) is 39.6 Å². The van der Waals surface area contributed by atoms with E-state index < -0.39 is 12.1 Å². The standard InChI is InChI=1S/C27H30N4O5/c1-30-20(13-24(29-30)26(32)33)17-35-21-9-5-6-18(12-21)14-28-27(34)36-25-16-31-11-10-22(25)23(15-31)19-7-3-2-4-8-19/h2-9,12-13,22-23,25H,10-11,14-17H2,1H3,(H,28,34)(H,32,33)/t22?,23?,25-/m0/s1. The summed E-state index contributed by atoms with van der Waals surface area (Å²) in [6.45, 7) is 3.34. The number of aryl methyl sites for hydroxylation is 1. The molecule has 3 saturated heterocycles. The van der Waals surface area contributed by atoms with Gasteiger partial charge in [0.1, 0.15) is 18.5 Å². The number of alkyl carbamates (subject to hydrolysis) is 1. The van der Waals surface area contributed by atoms with Crippen LogP contribution in [0, 0.1) is 5.92 Å². The van der Waals surface area contributed by atoms with Crippen molar-refractivity contribution in [1.29, 1.82) is 0 Å². The third kappa shape index (κ3) is 5.36. The monoisotopic (exact) mass is 490 g/mol. The molecule has 2 bridgehead atoms. The molecule has 2 aromatic carbocycles. The minimum Gasteiger partial charge on any atom is -0.487 e. The molecule has 6 rings (SSSR count). The fraction of sp³-hybridized carbons (Fsp3) is 0.370. The number of piperidine rings is 3. The highest BCUT2D eigenvalue weighted by atomic mass is 16.6. The smallest absolute Gasteiger partial charge is 0.407 e. The zero-order chi connectivity index (χ0) is 25.1. The van der Waals surface area contributed by atoms with Crippen molar-refractivity contribution in [1.82, 2.24) is 20.0 Å². The molecule has 3 unspecified atom stereocenters. The van der Waals surface area contributed by atoms with E-state index in [1.165, 1.54) is 16.3 Å². The second-order valence-electron chi connectivity index (χ2n) is 9.41. The van der Waals surface area contributed by atoms with E-state index in [1.807, 2.05) is 30.3 Å². The van der Waals surface area contributed by atoms with Gasteiger partial charge in [0, 0.05) is 38.5 Å². The van der Waals surface area contributed by atoms with Crippen LogP contribution in [0.2, 0.25) is 0 Å². The van der Waals surface area contributed by atoms with Gasteiger partial charge in [0.05, 0.1) is 5.69 Å². The molecule has 4 atom stereocenters. The summed E-state index contributed by atoms with van der Waals surface area (Å²) < 4.78 is 13.2. The van der Waals surface area contributed by atoms with Gasteiger partial charge in [-0.05, 0) is 42.3 Å². The Balaban J connectivity index is 1.14. The van der Waals surface area contributed by atoms with Gasteiger partial charge >= 0.3 is 12.1 Å². The summed E-state index contributed by atoms with van der Waals surface area (Å²) >= 11 is 0. The number of hydrogen-bond donors (Lipinski definition) is 2. The number of aromatic nitrogens is 2. The lowest BCUT2D eigenvalue weighted by Gasteiger charge is -2.49. The Morgan fingerprint density at radius 1 is 1.11 bits per heavy atom. The summed E-state index contributed by atoms with van der Waals surface area (Å²) in [6, 6.07) is 19.4. The van der Waals surface area contributed by atoms with Gasteiger partial charge in [-0.1, -0.05) is 42.5 Å². The van der Waals surface area contributed by atoms with Gasteiger partial charge in [-0.3, -0.25) is 9.58 Å². The summed E-state index contributed by atoms with van der Waals surface area (Å²) in [5.74, 6) is 0.245. The average molecular weight is 491 g/mol. The van der Waals surface area contributed by atoms with Gasteiger partial charge in [0.2, 0.25) is 0 Å². The molecular formula is C27H30N4O5. The van der Waals surface area contributed by atoms with Crippen molar-refractivity contribution in [3.05, 3.63) is 83.2 Å². The Labute approximate surface area is 209 Å². The maximum absolute atomic E-state index is 12.7. The Morgan fingerprint density at radius 3 is 2.69 bits per heavy atom. The first kappa shape index (κ1) is 23.9. The van der Waals surface area contributed by atoms with Gasteiger partial charge in [0.25, 0.3) is 0 Å². The highest BCUT2D eigenvalue weighted by Gasteiger charge is 2.43. The molecule has 188 valence electrons. The molecule has 3 aliphatic heterocycles. The number of benzene rings is 2. The lowest BCUT2D eigenvalue weighted by atomic mass is 9.74. The second-order valence-corrected chi connectivity index (χ2v) is 9.41. The van der Waals surface area contributed by atoms with Crippen molar-refractivity contribution in [3.63, 3.8) is 0 Å². The summed E-state index contributed by atoms with van der Waals surface area (Å²) in [4.78, 5) is 26.1. The zero-order valence-corrected chi connectivity index (χ0v) is 20.2. The zero-order valence-electron chi connectivity index (χ0n) is 20.2. The van der Waals surface area contributed by atoms with Crippen LogP contribution in [-0.2, 0) is 24.9 Å². The molecule has 3 fully saturated rings. The summed E-state index contributed by atoms with van der Waals surface area (Å²) in [5.41, 5.74) is 2.80. The van der Waals surface area contributed by atoms with E-state index in [0.29, 0.717) is 29.8 Å². The predicted molar refractivity (Wildman–Crippen MR) is 132 cm³/mol. The van der Waals surface area contributed by atoms with Crippen molar-refractivity contribution in [2.45, 2.75) is 31.6 Å². The first-order valence-corrected chi connectivity index (χ1v) is 12.2. The predicted octanol–water partition coefficient (Wildman–Crippen LogP) is 3.41. The van der Waals surface area contributed by atoms with Gasteiger partial charge in [-0.2, -0.15) is 5.10 Å². The lowest BCUT2D eigenvalue weighted by Crippen LogP contribution is -2.56. The van der Waals surface area contributed by atoms with Crippen LogP contribution in [0.15, 0.2) is 60.7 Å². The maximum Gasteiger partial charge on any atom is 0.407 e. The van der Waals surface area contributed by atoms with Gasteiger partial charge in [0.15, 0.2) is 5.69 Å². The number of aromatic carboxylic acids is 1. The molecule has 36 heavy (non-hydrogen) atoms. The molecule has 3 aliphatic rings. The molecule has 0 saturated carbocycles. The van der Waals surface area contributed by atoms with E-state index in [1.54, 1.807) is 7.05 Å². The lowest BCUT2D eigenvalue weighted by molar-refractivity contribution is -0.0459. The van der Waals surface area contributed by atoms with Crippen LogP contribution >= 0.6 is 0 Å². The van der Waals surface area contributed by atoms with Crippen molar-refractivity contribution >= 4 is 12.1 Å². The molecule has 1 aromatic heterocycles. The van der Waals surface area contributed by atoms with Crippen LogP contribution in [-0.4, -0.2) is 57.6 Å². The SMILES string of the molecule is Cn1nc(C(=O)O)cc1COc1cccc(CNC(=O)O[C@H]2CN3CCC2C(c2ccccc2)C3)c1. The van der Waals surface area contributed by atoms with E-state index in [0.717, 1.165) is 31.6 Å². The number of nitrogens with zero attached hydrogens (tertiary/aromatic N) is 3. The van der Waals surface area contributed by atoms with E-state index >= 15 is 0 Å². The number of nitrogens with one attached hydrogen (secondary N) is 1. The van der Waals surface area contributed by atoms with Gasteiger partial charge in [-0.15, -0.1) is 0 Å². The fourth-order valence-corrected chi connectivity index (χ4v) is 5.22. The third-order valence-electron chi connectivity index (χ3n) is 7.07. The number of carbonyl (C=O) groups excluding carboxylic acids is 1. The highest BCUT2D eigenvalue weighted by Crippen LogP contribution is 2.40. The topological polar surface area (TPSA) is 106 Å². The average Bonchev–Trinajstić information content (AvgIpc) is 3.28. The number of carboxylic acids is 1. The van der Waals surface area contributed by atoms with Crippen molar-refractivity contribution in [2.24, 2.45) is 13.0 Å². The molecule has 0 spiro atoms. The molecule has 2 N–H and O–H groups in total. The Bertz CT molecular complexity index is 1230. The third-order valence-corrected chi connectivity index (χ3v) is 7.07. The molecule has 3 aromatic rings.